The first-order chi connectivity index (χ1) is 8.78. The van der Waals surface area contributed by atoms with Crippen molar-refractivity contribution in [2.75, 3.05) is 11.9 Å². The van der Waals surface area contributed by atoms with Crippen LogP contribution in [0.4, 0.5) is 5.82 Å². The SMILES string of the molecule is CCCNc1cncc(Sc2cccc(Cl)c2)n1. The maximum absolute atomic E-state index is 5.95. The van der Waals surface area contributed by atoms with E-state index in [4.69, 9.17) is 11.6 Å². The second kappa shape index (κ2) is 6.61. The third-order valence-corrected chi connectivity index (χ3v) is 3.32. The predicted molar refractivity (Wildman–Crippen MR) is 76.4 cm³/mol. The maximum Gasteiger partial charge on any atom is 0.145 e. The van der Waals surface area contributed by atoms with Crippen LogP contribution in [-0.2, 0) is 0 Å². The highest BCUT2D eigenvalue weighted by Gasteiger charge is 2.01. The van der Waals surface area contributed by atoms with Gasteiger partial charge in [-0.05, 0) is 24.6 Å². The van der Waals surface area contributed by atoms with Crippen molar-refractivity contribution in [3.05, 3.63) is 41.7 Å². The molecule has 0 aliphatic rings. The summed E-state index contributed by atoms with van der Waals surface area (Å²) in [4.78, 5) is 9.72. The van der Waals surface area contributed by atoms with E-state index >= 15 is 0 Å². The number of hydrogen-bond donors (Lipinski definition) is 1. The summed E-state index contributed by atoms with van der Waals surface area (Å²) in [7, 11) is 0. The minimum absolute atomic E-state index is 0.730. The molecule has 2 rings (SSSR count). The third kappa shape index (κ3) is 3.89. The zero-order valence-corrected chi connectivity index (χ0v) is 11.6. The normalized spacial score (nSPS) is 10.3. The topological polar surface area (TPSA) is 37.8 Å². The lowest BCUT2D eigenvalue weighted by molar-refractivity contribution is 0.948. The molecule has 1 aromatic heterocycles. The quantitative estimate of drug-likeness (QED) is 0.894. The van der Waals surface area contributed by atoms with Crippen molar-refractivity contribution in [1.82, 2.24) is 9.97 Å². The summed E-state index contributed by atoms with van der Waals surface area (Å²) in [5, 5.41) is 4.81. The van der Waals surface area contributed by atoms with Crippen LogP contribution < -0.4 is 5.32 Å². The van der Waals surface area contributed by atoms with Gasteiger partial charge in [0.15, 0.2) is 0 Å². The first-order valence-electron chi connectivity index (χ1n) is 5.77. The van der Waals surface area contributed by atoms with Crippen molar-refractivity contribution in [1.29, 1.82) is 0 Å². The monoisotopic (exact) mass is 279 g/mol. The molecule has 0 amide bonds. The van der Waals surface area contributed by atoms with Gasteiger partial charge in [0.25, 0.3) is 0 Å². The lowest BCUT2D eigenvalue weighted by atomic mass is 10.4. The van der Waals surface area contributed by atoms with E-state index in [1.165, 1.54) is 0 Å². The highest BCUT2D eigenvalue weighted by molar-refractivity contribution is 7.99. The molecular formula is C13H14ClN3S. The van der Waals surface area contributed by atoms with Gasteiger partial charge in [-0.2, -0.15) is 0 Å². The fraction of sp³-hybridized carbons (Fsp3) is 0.231. The maximum atomic E-state index is 5.95. The van der Waals surface area contributed by atoms with E-state index in [1.807, 2.05) is 24.3 Å². The van der Waals surface area contributed by atoms with E-state index in [1.54, 1.807) is 24.2 Å². The Kier molecular flexibility index (Phi) is 4.84. The highest BCUT2D eigenvalue weighted by atomic mass is 35.5. The molecule has 94 valence electrons. The second-order valence-corrected chi connectivity index (χ2v) is 5.26. The Morgan fingerprint density at radius 1 is 1.33 bits per heavy atom. The number of benzene rings is 1. The molecule has 0 aliphatic heterocycles. The number of nitrogens with zero attached hydrogens (tertiary/aromatic N) is 2. The first kappa shape index (κ1) is 13.2. The van der Waals surface area contributed by atoms with Crippen molar-refractivity contribution >= 4 is 29.2 Å². The molecule has 0 saturated carbocycles. The molecule has 1 N–H and O–H groups in total. The van der Waals surface area contributed by atoms with Crippen LogP contribution in [0.5, 0.6) is 0 Å². The molecule has 2 aromatic rings. The summed E-state index contributed by atoms with van der Waals surface area (Å²) in [6.07, 6.45) is 4.55. The summed E-state index contributed by atoms with van der Waals surface area (Å²) < 4.78 is 0. The van der Waals surface area contributed by atoms with Crippen LogP contribution in [0.25, 0.3) is 0 Å². The zero-order valence-electron chi connectivity index (χ0n) is 10.1. The number of hydrogen-bond acceptors (Lipinski definition) is 4. The van der Waals surface area contributed by atoms with E-state index in [-0.39, 0.29) is 0 Å². The van der Waals surface area contributed by atoms with Crippen molar-refractivity contribution in [2.45, 2.75) is 23.3 Å². The second-order valence-electron chi connectivity index (χ2n) is 3.73. The molecule has 0 spiro atoms. The van der Waals surface area contributed by atoms with Crippen LogP contribution in [0, 0.1) is 0 Å². The smallest absolute Gasteiger partial charge is 0.145 e. The molecule has 5 heteroatoms. The minimum Gasteiger partial charge on any atom is -0.369 e. The van der Waals surface area contributed by atoms with Crippen LogP contribution in [-0.4, -0.2) is 16.5 Å². The Hall–Kier alpha value is -1.26. The number of anilines is 1. The Morgan fingerprint density at radius 2 is 2.22 bits per heavy atom. The van der Waals surface area contributed by atoms with Crippen LogP contribution in [0.1, 0.15) is 13.3 Å². The molecule has 1 heterocycles. The number of halogens is 1. The molecule has 0 fully saturated rings. The third-order valence-electron chi connectivity index (χ3n) is 2.19. The largest absolute Gasteiger partial charge is 0.369 e. The van der Waals surface area contributed by atoms with Crippen LogP contribution in [0.3, 0.4) is 0 Å². The number of aromatic nitrogens is 2. The van der Waals surface area contributed by atoms with Gasteiger partial charge in [-0.25, -0.2) is 4.98 Å². The fourth-order valence-electron chi connectivity index (χ4n) is 1.39. The minimum atomic E-state index is 0.730. The summed E-state index contributed by atoms with van der Waals surface area (Å²) in [6, 6.07) is 7.71. The van der Waals surface area contributed by atoms with Crippen LogP contribution in [0.2, 0.25) is 5.02 Å². The Labute approximate surface area is 116 Å². The number of rotatable bonds is 5. The summed E-state index contributed by atoms with van der Waals surface area (Å²) in [6.45, 7) is 3.02. The van der Waals surface area contributed by atoms with Crippen LogP contribution in [0.15, 0.2) is 46.6 Å². The van der Waals surface area contributed by atoms with E-state index < -0.39 is 0 Å². The van der Waals surface area contributed by atoms with Gasteiger partial charge in [-0.1, -0.05) is 36.4 Å². The number of nitrogens with one attached hydrogen (secondary N) is 1. The van der Waals surface area contributed by atoms with E-state index in [0.717, 1.165) is 33.7 Å². The summed E-state index contributed by atoms with van der Waals surface area (Å²) in [5.41, 5.74) is 0. The molecule has 0 atom stereocenters. The zero-order chi connectivity index (χ0) is 12.8. The summed E-state index contributed by atoms with van der Waals surface area (Å²) in [5.74, 6) is 0.809. The first-order valence-corrected chi connectivity index (χ1v) is 6.96. The van der Waals surface area contributed by atoms with Crippen LogP contribution >= 0.6 is 23.4 Å². The molecule has 3 nitrogen and oxygen atoms in total. The predicted octanol–water partition coefficient (Wildman–Crippen LogP) is 4.10. The Bertz CT molecular complexity index is 519. The molecule has 0 aliphatic carbocycles. The van der Waals surface area contributed by atoms with E-state index in [2.05, 4.69) is 22.2 Å². The van der Waals surface area contributed by atoms with Gasteiger partial charge in [0.1, 0.15) is 10.8 Å². The van der Waals surface area contributed by atoms with E-state index in [0.29, 0.717) is 0 Å². The molecular weight excluding hydrogens is 266 g/mol. The Morgan fingerprint density at radius 3 is 3.00 bits per heavy atom. The van der Waals surface area contributed by atoms with Gasteiger partial charge in [-0.3, -0.25) is 4.98 Å². The highest BCUT2D eigenvalue weighted by Crippen LogP contribution is 2.27. The molecule has 0 unspecified atom stereocenters. The van der Waals surface area contributed by atoms with E-state index in [9.17, 15) is 0 Å². The standard InChI is InChI=1S/C13H14ClN3S/c1-2-6-16-12-8-15-9-13(17-12)18-11-5-3-4-10(14)7-11/h3-5,7-9H,2,6H2,1H3,(H,16,17). The van der Waals surface area contributed by atoms with Gasteiger partial charge in [0.2, 0.25) is 0 Å². The van der Waals surface area contributed by atoms with Crippen molar-refractivity contribution in [3.63, 3.8) is 0 Å². The lowest BCUT2D eigenvalue weighted by Crippen LogP contribution is -2.02. The molecule has 0 radical (unpaired) electrons. The van der Waals surface area contributed by atoms with Gasteiger partial charge in [0, 0.05) is 16.5 Å². The molecule has 0 saturated heterocycles. The molecule has 1 aromatic carbocycles. The van der Waals surface area contributed by atoms with Gasteiger partial charge < -0.3 is 5.32 Å². The molecule has 18 heavy (non-hydrogen) atoms. The lowest BCUT2D eigenvalue weighted by Gasteiger charge is -2.05. The Balaban J connectivity index is 2.09. The van der Waals surface area contributed by atoms with Gasteiger partial charge in [0.05, 0.1) is 12.4 Å². The average Bonchev–Trinajstić information content (AvgIpc) is 2.37. The van der Waals surface area contributed by atoms with Crippen molar-refractivity contribution < 1.29 is 0 Å². The molecule has 0 bridgehead atoms. The van der Waals surface area contributed by atoms with Gasteiger partial charge in [-0.15, -0.1) is 0 Å². The summed E-state index contributed by atoms with van der Waals surface area (Å²) >= 11 is 7.50. The van der Waals surface area contributed by atoms with Gasteiger partial charge >= 0.3 is 0 Å². The average molecular weight is 280 g/mol. The fourth-order valence-corrected chi connectivity index (χ4v) is 2.47. The van der Waals surface area contributed by atoms with Crippen molar-refractivity contribution in [3.8, 4) is 0 Å². The van der Waals surface area contributed by atoms with Crippen molar-refractivity contribution in [2.24, 2.45) is 0 Å².